The minimum Gasteiger partial charge on any atom is -0.389 e. The lowest BCUT2D eigenvalue weighted by atomic mass is 10.1. The molecular weight excluding hydrogens is 396 g/mol. The zero-order valence-electron chi connectivity index (χ0n) is 15.6. The number of sulfone groups is 2. The molecule has 0 heterocycles. The molecule has 0 spiro atoms. The van der Waals surface area contributed by atoms with E-state index in [2.05, 4.69) is 6.58 Å². The van der Waals surface area contributed by atoms with Crippen molar-refractivity contribution in [3.05, 3.63) is 73.3 Å². The largest absolute Gasteiger partial charge is 0.389 e. The van der Waals surface area contributed by atoms with E-state index in [9.17, 15) is 21.9 Å². The Hall–Kier alpha value is -1.96. The van der Waals surface area contributed by atoms with Gasteiger partial charge in [0.05, 0.1) is 15.9 Å². The molecule has 2 rings (SSSR count). The first-order chi connectivity index (χ1) is 13.3. The molecule has 0 saturated heterocycles. The summed E-state index contributed by atoms with van der Waals surface area (Å²) in [5, 5.41) is 9.51. The zero-order chi connectivity index (χ0) is 20.6. The van der Waals surface area contributed by atoms with E-state index >= 15 is 0 Å². The standard InChI is InChI=1S/C21H26O5S2/c1-2-18(22)12-6-3-11-17-21(27(23,24)19-13-7-4-8-14-19)28(25,26)20-15-9-5-10-16-20/h2,4-5,7-10,13-16,18,21-22H,1,3,6,11-12,17H2. The van der Waals surface area contributed by atoms with Crippen molar-refractivity contribution in [2.45, 2.75) is 52.6 Å². The van der Waals surface area contributed by atoms with Gasteiger partial charge in [0.15, 0.2) is 24.3 Å². The average Bonchev–Trinajstić information content (AvgIpc) is 2.71. The Morgan fingerprint density at radius 1 is 0.750 bits per heavy atom. The second kappa shape index (κ2) is 10.0. The summed E-state index contributed by atoms with van der Waals surface area (Å²) in [6.45, 7) is 3.51. The van der Waals surface area contributed by atoms with Crippen LogP contribution in [0.2, 0.25) is 0 Å². The third kappa shape index (κ3) is 5.53. The Kier molecular flexibility index (Phi) is 7.98. The van der Waals surface area contributed by atoms with E-state index in [0.29, 0.717) is 25.7 Å². The van der Waals surface area contributed by atoms with Crippen LogP contribution in [0, 0.1) is 0 Å². The highest BCUT2D eigenvalue weighted by atomic mass is 32.3. The van der Waals surface area contributed by atoms with Gasteiger partial charge in [0.25, 0.3) is 0 Å². The molecule has 7 heteroatoms. The molecule has 0 saturated carbocycles. The molecule has 1 N–H and O–H groups in total. The Bertz CT molecular complexity index is 883. The van der Waals surface area contributed by atoms with Gasteiger partial charge in [-0.3, -0.25) is 0 Å². The van der Waals surface area contributed by atoms with E-state index in [1.54, 1.807) is 36.4 Å². The van der Waals surface area contributed by atoms with E-state index < -0.39 is 30.4 Å². The van der Waals surface area contributed by atoms with Gasteiger partial charge in [-0.2, -0.15) is 0 Å². The van der Waals surface area contributed by atoms with Crippen LogP contribution >= 0.6 is 0 Å². The Balaban J connectivity index is 2.28. The number of aliphatic hydroxyl groups is 1. The molecule has 0 aliphatic carbocycles. The van der Waals surface area contributed by atoms with Crippen molar-refractivity contribution in [1.29, 1.82) is 0 Å². The zero-order valence-corrected chi connectivity index (χ0v) is 17.3. The minimum atomic E-state index is -4.07. The van der Waals surface area contributed by atoms with E-state index in [1.807, 2.05) is 0 Å². The summed E-state index contributed by atoms with van der Waals surface area (Å²) in [6, 6.07) is 15.4. The highest BCUT2D eigenvalue weighted by Crippen LogP contribution is 2.29. The van der Waals surface area contributed by atoms with Crippen LogP contribution in [0.1, 0.15) is 32.1 Å². The van der Waals surface area contributed by atoms with Crippen LogP contribution in [0.15, 0.2) is 83.1 Å². The van der Waals surface area contributed by atoms with E-state index in [0.717, 1.165) is 0 Å². The SMILES string of the molecule is C=CC(O)CCCCCC(S(=O)(=O)c1ccccc1)S(=O)(=O)c1ccccc1. The molecule has 2 aromatic carbocycles. The van der Waals surface area contributed by atoms with Crippen LogP contribution in [0.4, 0.5) is 0 Å². The van der Waals surface area contributed by atoms with Crippen molar-refractivity contribution in [3.63, 3.8) is 0 Å². The monoisotopic (exact) mass is 422 g/mol. The van der Waals surface area contributed by atoms with Crippen molar-refractivity contribution >= 4 is 19.7 Å². The van der Waals surface area contributed by atoms with Crippen LogP contribution in [0.25, 0.3) is 0 Å². The molecule has 1 unspecified atom stereocenters. The first-order valence-electron chi connectivity index (χ1n) is 9.18. The van der Waals surface area contributed by atoms with Crippen LogP contribution in [0.3, 0.4) is 0 Å². The maximum Gasteiger partial charge on any atom is 0.195 e. The molecule has 5 nitrogen and oxygen atoms in total. The van der Waals surface area contributed by atoms with Gasteiger partial charge in [-0.15, -0.1) is 6.58 Å². The van der Waals surface area contributed by atoms with Crippen LogP contribution in [-0.4, -0.2) is 32.6 Å². The van der Waals surface area contributed by atoms with Crippen molar-refractivity contribution in [2.75, 3.05) is 0 Å². The van der Waals surface area contributed by atoms with Crippen molar-refractivity contribution in [3.8, 4) is 0 Å². The topological polar surface area (TPSA) is 88.5 Å². The molecule has 2 aromatic rings. The summed E-state index contributed by atoms with van der Waals surface area (Å²) >= 11 is 0. The van der Waals surface area contributed by atoms with Gasteiger partial charge in [-0.05, 0) is 37.1 Å². The second-order valence-corrected chi connectivity index (χ2v) is 11.1. The number of hydrogen-bond acceptors (Lipinski definition) is 5. The lowest BCUT2D eigenvalue weighted by Gasteiger charge is -2.19. The maximum atomic E-state index is 13.1. The van der Waals surface area contributed by atoms with Gasteiger partial charge in [-0.25, -0.2) is 16.8 Å². The maximum absolute atomic E-state index is 13.1. The normalized spacial score (nSPS) is 13.4. The number of hydrogen-bond donors (Lipinski definition) is 1. The lowest BCUT2D eigenvalue weighted by Crippen LogP contribution is -2.31. The molecule has 0 aliphatic heterocycles. The molecule has 28 heavy (non-hydrogen) atoms. The van der Waals surface area contributed by atoms with E-state index in [1.165, 1.54) is 30.3 Å². The molecule has 0 amide bonds. The predicted octanol–water partition coefficient (Wildman–Crippen LogP) is 3.76. The van der Waals surface area contributed by atoms with Crippen molar-refractivity contribution in [1.82, 2.24) is 0 Å². The summed E-state index contributed by atoms with van der Waals surface area (Å²) in [6.07, 6.45) is 3.07. The van der Waals surface area contributed by atoms with Crippen LogP contribution in [-0.2, 0) is 19.7 Å². The highest BCUT2D eigenvalue weighted by molar-refractivity contribution is 8.09. The van der Waals surface area contributed by atoms with Gasteiger partial charge in [0.1, 0.15) is 0 Å². The number of benzene rings is 2. The van der Waals surface area contributed by atoms with Crippen molar-refractivity contribution < 1.29 is 21.9 Å². The summed E-state index contributed by atoms with van der Waals surface area (Å²) in [7, 11) is -8.14. The third-order valence-electron chi connectivity index (χ3n) is 4.55. The lowest BCUT2D eigenvalue weighted by molar-refractivity contribution is 0.208. The quantitative estimate of drug-likeness (QED) is 0.440. The Labute approximate surface area is 167 Å². The van der Waals surface area contributed by atoms with Gasteiger partial charge < -0.3 is 5.11 Å². The molecule has 1 atom stereocenters. The van der Waals surface area contributed by atoms with Gasteiger partial charge in [0.2, 0.25) is 0 Å². The summed E-state index contributed by atoms with van der Waals surface area (Å²) in [4.78, 5) is 0.00294. The highest BCUT2D eigenvalue weighted by Gasteiger charge is 2.39. The fraction of sp³-hybridized carbons (Fsp3) is 0.333. The fourth-order valence-corrected chi connectivity index (χ4v) is 7.59. The van der Waals surface area contributed by atoms with Crippen molar-refractivity contribution in [2.24, 2.45) is 0 Å². The smallest absolute Gasteiger partial charge is 0.195 e. The fourth-order valence-electron chi connectivity index (χ4n) is 2.96. The van der Waals surface area contributed by atoms with Gasteiger partial charge in [0, 0.05) is 0 Å². The average molecular weight is 423 g/mol. The molecular formula is C21H26O5S2. The first-order valence-corrected chi connectivity index (χ1v) is 12.3. The molecule has 0 aliphatic rings. The Morgan fingerprint density at radius 3 is 1.61 bits per heavy atom. The molecule has 0 fully saturated rings. The van der Waals surface area contributed by atoms with Gasteiger partial charge in [-0.1, -0.05) is 61.7 Å². The minimum absolute atomic E-state index is 0.00135. The number of unbranched alkanes of at least 4 members (excludes halogenated alkanes) is 2. The van der Waals surface area contributed by atoms with Gasteiger partial charge >= 0.3 is 0 Å². The van der Waals surface area contributed by atoms with E-state index in [-0.39, 0.29) is 16.2 Å². The predicted molar refractivity (Wildman–Crippen MR) is 110 cm³/mol. The van der Waals surface area contributed by atoms with E-state index in [4.69, 9.17) is 0 Å². The summed E-state index contributed by atoms with van der Waals surface area (Å²) in [5.74, 6) is 0. The third-order valence-corrected chi connectivity index (χ3v) is 9.78. The van der Waals surface area contributed by atoms with Crippen LogP contribution in [0.5, 0.6) is 0 Å². The molecule has 152 valence electrons. The summed E-state index contributed by atoms with van der Waals surface area (Å²) < 4.78 is 51.0. The number of aliphatic hydroxyl groups excluding tert-OH is 1. The molecule has 0 radical (unpaired) electrons. The second-order valence-electron chi connectivity index (χ2n) is 6.59. The summed E-state index contributed by atoms with van der Waals surface area (Å²) in [5.41, 5.74) is 0. The molecule has 0 bridgehead atoms. The molecule has 0 aromatic heterocycles. The van der Waals surface area contributed by atoms with Crippen LogP contribution < -0.4 is 0 Å². The number of rotatable bonds is 11. The Morgan fingerprint density at radius 2 is 1.18 bits per heavy atom. The first kappa shape index (κ1) is 22.3.